The Morgan fingerprint density at radius 3 is 2.28 bits per heavy atom. The van der Waals surface area contributed by atoms with Gasteiger partial charge in [-0.1, -0.05) is 19.1 Å². The second-order valence-corrected chi connectivity index (χ2v) is 11.1. The Balaban J connectivity index is 1.77. The molecule has 0 aliphatic carbocycles. The lowest BCUT2D eigenvalue weighted by Gasteiger charge is -2.18. The van der Waals surface area contributed by atoms with Crippen molar-refractivity contribution < 1.29 is 27.5 Å². The smallest absolute Gasteiger partial charge is 0.340 e. The number of para-hydroxylation sites is 1. The summed E-state index contributed by atoms with van der Waals surface area (Å²) >= 11 is 0.904. The summed E-state index contributed by atoms with van der Waals surface area (Å²) in [5, 5.41) is 8.35. The van der Waals surface area contributed by atoms with E-state index in [4.69, 9.17) is 9.88 Å². The molecule has 13 heteroatoms. The Kier molecular flexibility index (Phi) is 8.14. The minimum atomic E-state index is -3.92. The second kappa shape index (κ2) is 11.4. The van der Waals surface area contributed by atoms with Crippen LogP contribution in [-0.4, -0.2) is 42.8 Å². The number of amides is 2. The number of nitrogens with zero attached hydrogens (tertiary/aromatic N) is 3. The summed E-state index contributed by atoms with van der Waals surface area (Å²) < 4.78 is 28.5. The highest BCUT2D eigenvalue weighted by Gasteiger charge is 2.42. The van der Waals surface area contributed by atoms with E-state index in [0.29, 0.717) is 23.5 Å². The number of hydrogen-bond donors (Lipinski definition) is 2. The number of thioether (sulfide) groups is 1. The molecule has 1 aromatic heterocycles. The van der Waals surface area contributed by atoms with E-state index < -0.39 is 27.8 Å². The first-order chi connectivity index (χ1) is 18.5. The quantitative estimate of drug-likeness (QED) is 0.223. The third-order valence-corrected chi connectivity index (χ3v) is 7.33. The molecule has 0 radical (unpaired) electrons. The van der Waals surface area contributed by atoms with Gasteiger partial charge in [-0.15, -0.1) is 0 Å². The standard InChI is InChI=1S/C26H25N5O6S2/c1-4-13-37-25(34)19-7-5-6-8-20(19)31-23(32)21(30-17-9-11-18(12-10-17)39(27,35)36)22(24(31)33)38-26-28-15(2)14-16(3)29-26/h5-12,14,30H,4,13H2,1-3H3,(H2,27,35,36). The molecule has 39 heavy (non-hydrogen) atoms. The first kappa shape index (κ1) is 28.0. The SMILES string of the molecule is CCCOC(=O)c1ccccc1N1C(=O)C(Nc2ccc(S(N)(=O)=O)cc2)=C(Sc2nc(C)cc(C)n2)C1=O. The zero-order chi connectivity index (χ0) is 28.3. The summed E-state index contributed by atoms with van der Waals surface area (Å²) in [5.41, 5.74) is 1.71. The number of imide groups is 1. The van der Waals surface area contributed by atoms with Crippen molar-refractivity contribution in [3.8, 4) is 0 Å². The van der Waals surface area contributed by atoms with Crippen LogP contribution in [0.1, 0.15) is 35.1 Å². The lowest BCUT2D eigenvalue weighted by molar-refractivity contribution is -0.120. The maximum atomic E-state index is 13.7. The third kappa shape index (κ3) is 6.16. The Bertz CT molecular complexity index is 1580. The predicted molar refractivity (Wildman–Crippen MR) is 145 cm³/mol. The number of rotatable bonds is 9. The number of esters is 1. The summed E-state index contributed by atoms with van der Waals surface area (Å²) in [6, 6.07) is 13.3. The molecule has 11 nitrogen and oxygen atoms in total. The van der Waals surface area contributed by atoms with Crippen molar-refractivity contribution in [1.82, 2.24) is 9.97 Å². The third-order valence-electron chi connectivity index (χ3n) is 5.45. The van der Waals surface area contributed by atoms with E-state index in [-0.39, 0.29) is 38.5 Å². The van der Waals surface area contributed by atoms with Gasteiger partial charge in [0.05, 0.1) is 22.8 Å². The van der Waals surface area contributed by atoms with Gasteiger partial charge in [0.1, 0.15) is 10.6 Å². The van der Waals surface area contributed by atoms with Gasteiger partial charge >= 0.3 is 5.97 Å². The van der Waals surface area contributed by atoms with E-state index in [1.807, 2.05) is 6.92 Å². The lowest BCUT2D eigenvalue weighted by Crippen LogP contribution is -2.33. The van der Waals surface area contributed by atoms with Crippen molar-refractivity contribution in [3.63, 3.8) is 0 Å². The van der Waals surface area contributed by atoms with Crippen molar-refractivity contribution in [2.45, 2.75) is 37.2 Å². The van der Waals surface area contributed by atoms with Crippen LogP contribution in [0.15, 0.2) is 75.3 Å². The van der Waals surface area contributed by atoms with Gasteiger partial charge in [-0.05, 0) is 74.5 Å². The van der Waals surface area contributed by atoms with Gasteiger partial charge in [0.15, 0.2) is 5.16 Å². The molecule has 1 aliphatic heterocycles. The molecule has 2 heterocycles. The molecule has 0 bridgehead atoms. The molecular formula is C26H25N5O6S2. The van der Waals surface area contributed by atoms with E-state index in [1.54, 1.807) is 32.0 Å². The van der Waals surface area contributed by atoms with Crippen molar-refractivity contribution in [2.75, 3.05) is 16.8 Å². The summed E-state index contributed by atoms with van der Waals surface area (Å²) in [6.45, 7) is 5.60. The fraction of sp³-hybridized carbons (Fsp3) is 0.192. The molecule has 2 aromatic carbocycles. The van der Waals surface area contributed by atoms with Gasteiger partial charge in [-0.3, -0.25) is 9.59 Å². The van der Waals surface area contributed by atoms with Gasteiger partial charge in [-0.2, -0.15) is 0 Å². The van der Waals surface area contributed by atoms with Crippen LogP contribution < -0.4 is 15.4 Å². The van der Waals surface area contributed by atoms with Crippen LogP contribution in [0.4, 0.5) is 11.4 Å². The number of ether oxygens (including phenoxy) is 1. The van der Waals surface area contributed by atoms with Crippen molar-refractivity contribution in [1.29, 1.82) is 0 Å². The topological polar surface area (TPSA) is 162 Å². The summed E-state index contributed by atoms with van der Waals surface area (Å²) in [5.74, 6) is -2.08. The predicted octanol–water partition coefficient (Wildman–Crippen LogP) is 3.30. The second-order valence-electron chi connectivity index (χ2n) is 8.53. The van der Waals surface area contributed by atoms with Gasteiger partial charge in [0.2, 0.25) is 10.0 Å². The zero-order valence-electron chi connectivity index (χ0n) is 21.3. The fourth-order valence-corrected chi connectivity index (χ4v) is 5.25. The van der Waals surface area contributed by atoms with Crippen molar-refractivity contribution in [3.05, 3.63) is 82.2 Å². The molecule has 2 amide bonds. The summed E-state index contributed by atoms with van der Waals surface area (Å²) in [7, 11) is -3.92. The number of carbonyl (C=O) groups excluding carboxylic acids is 3. The van der Waals surface area contributed by atoms with E-state index in [2.05, 4.69) is 15.3 Å². The van der Waals surface area contributed by atoms with Gasteiger partial charge in [0.25, 0.3) is 11.8 Å². The molecule has 0 fully saturated rings. The maximum absolute atomic E-state index is 13.7. The molecule has 0 saturated carbocycles. The average Bonchev–Trinajstić information content (AvgIpc) is 3.10. The fourth-order valence-electron chi connectivity index (χ4n) is 3.75. The highest BCUT2D eigenvalue weighted by molar-refractivity contribution is 8.04. The van der Waals surface area contributed by atoms with E-state index >= 15 is 0 Å². The Morgan fingerprint density at radius 2 is 1.67 bits per heavy atom. The molecule has 0 saturated heterocycles. The number of aromatic nitrogens is 2. The van der Waals surface area contributed by atoms with E-state index in [0.717, 1.165) is 16.7 Å². The van der Waals surface area contributed by atoms with Crippen LogP contribution in [-0.2, 0) is 24.3 Å². The molecule has 202 valence electrons. The van der Waals surface area contributed by atoms with Crippen LogP contribution in [0.25, 0.3) is 0 Å². The molecule has 0 unspecified atom stereocenters. The number of nitrogens with two attached hydrogens (primary N) is 1. The van der Waals surface area contributed by atoms with Crippen molar-refractivity contribution >= 4 is 50.9 Å². The van der Waals surface area contributed by atoms with Gasteiger partial charge in [-0.25, -0.2) is 33.2 Å². The van der Waals surface area contributed by atoms with Crippen LogP contribution in [0.5, 0.6) is 0 Å². The Labute approximate surface area is 229 Å². The Hall–Kier alpha value is -4.07. The maximum Gasteiger partial charge on any atom is 0.340 e. The molecule has 0 atom stereocenters. The van der Waals surface area contributed by atoms with Crippen LogP contribution in [0.2, 0.25) is 0 Å². The molecule has 3 N–H and O–H groups in total. The van der Waals surface area contributed by atoms with Crippen LogP contribution in [0, 0.1) is 13.8 Å². The molecule has 3 aromatic rings. The van der Waals surface area contributed by atoms with E-state index in [9.17, 15) is 22.8 Å². The largest absolute Gasteiger partial charge is 0.462 e. The summed E-state index contributed by atoms with van der Waals surface area (Å²) in [6.07, 6.45) is 0.603. The first-order valence-electron chi connectivity index (χ1n) is 11.8. The highest BCUT2D eigenvalue weighted by Crippen LogP contribution is 2.38. The van der Waals surface area contributed by atoms with Crippen molar-refractivity contribution in [2.24, 2.45) is 5.14 Å². The Morgan fingerprint density at radius 1 is 1.03 bits per heavy atom. The molecule has 1 aliphatic rings. The number of sulfonamides is 1. The first-order valence-corrected chi connectivity index (χ1v) is 14.1. The molecule has 4 rings (SSSR count). The zero-order valence-corrected chi connectivity index (χ0v) is 22.9. The molecule has 0 spiro atoms. The number of hydrogen-bond acceptors (Lipinski definition) is 10. The van der Waals surface area contributed by atoms with Gasteiger partial charge in [0, 0.05) is 17.1 Å². The van der Waals surface area contributed by atoms with Gasteiger partial charge < -0.3 is 10.1 Å². The minimum absolute atomic E-state index is 0.00254. The van der Waals surface area contributed by atoms with E-state index in [1.165, 1.54) is 36.4 Å². The average molecular weight is 568 g/mol. The lowest BCUT2D eigenvalue weighted by atomic mass is 10.1. The normalized spacial score (nSPS) is 13.7. The molecular weight excluding hydrogens is 542 g/mol. The summed E-state index contributed by atoms with van der Waals surface area (Å²) in [4.78, 5) is 49.7. The number of benzene rings is 2. The monoisotopic (exact) mass is 567 g/mol. The van der Waals surface area contributed by atoms with Crippen LogP contribution >= 0.6 is 11.8 Å². The number of aryl methyl sites for hydroxylation is 2. The number of nitrogens with one attached hydrogen (secondary N) is 1. The van der Waals surface area contributed by atoms with Crippen LogP contribution in [0.3, 0.4) is 0 Å². The number of primary sulfonamides is 1. The minimum Gasteiger partial charge on any atom is -0.462 e. The number of anilines is 2. The highest BCUT2D eigenvalue weighted by atomic mass is 32.2. The number of carbonyl (C=O) groups is 3.